The Morgan fingerprint density at radius 3 is 2.67 bits per heavy atom. The highest BCUT2D eigenvalue weighted by molar-refractivity contribution is 5.85. The molecule has 0 aliphatic heterocycles. The second-order valence-electron chi connectivity index (χ2n) is 4.93. The van der Waals surface area contributed by atoms with Crippen LogP contribution in [0.3, 0.4) is 0 Å². The van der Waals surface area contributed by atoms with Gasteiger partial charge in [0.15, 0.2) is 0 Å². The van der Waals surface area contributed by atoms with E-state index in [9.17, 15) is 4.79 Å². The first-order valence-corrected chi connectivity index (χ1v) is 7.39. The van der Waals surface area contributed by atoms with Crippen LogP contribution in [0.2, 0.25) is 0 Å². The summed E-state index contributed by atoms with van der Waals surface area (Å²) in [5.74, 6) is -0.0444. The molecule has 120 valence electrons. The van der Waals surface area contributed by atoms with Crippen molar-refractivity contribution in [3.63, 3.8) is 0 Å². The molecular weight excluding hydrogens is 288 g/mol. The first kappa shape index (κ1) is 19.9. The van der Waals surface area contributed by atoms with Gasteiger partial charge in [-0.3, -0.25) is 4.79 Å². The van der Waals surface area contributed by atoms with Gasteiger partial charge in [-0.1, -0.05) is 43.7 Å². The molecule has 1 aromatic carbocycles. The van der Waals surface area contributed by atoms with Crippen molar-refractivity contribution >= 4 is 18.3 Å². The number of amides is 1. The van der Waals surface area contributed by atoms with E-state index >= 15 is 0 Å². The van der Waals surface area contributed by atoms with Crippen molar-refractivity contribution in [3.8, 4) is 0 Å². The maximum atomic E-state index is 11.5. The molecule has 0 saturated carbocycles. The number of carbonyl (C=O) groups excluding carboxylic acids is 1. The normalized spacial score (nSPS) is 11.5. The molecular formula is C16H27ClN2O2. The van der Waals surface area contributed by atoms with E-state index in [2.05, 4.69) is 17.4 Å². The maximum Gasteiger partial charge on any atom is 0.236 e. The van der Waals surface area contributed by atoms with E-state index in [0.717, 1.165) is 25.7 Å². The van der Waals surface area contributed by atoms with Crippen LogP contribution in [-0.4, -0.2) is 25.1 Å². The molecule has 0 heterocycles. The lowest BCUT2D eigenvalue weighted by Crippen LogP contribution is -2.40. The third kappa shape index (κ3) is 9.45. The maximum absolute atomic E-state index is 11.5. The lowest BCUT2D eigenvalue weighted by molar-refractivity contribution is -0.122. The van der Waals surface area contributed by atoms with Crippen LogP contribution in [0, 0.1) is 0 Å². The van der Waals surface area contributed by atoms with Gasteiger partial charge in [-0.05, 0) is 24.8 Å². The number of nitrogens with one attached hydrogen (secondary N) is 1. The average molecular weight is 315 g/mol. The van der Waals surface area contributed by atoms with Crippen LogP contribution in [0.1, 0.15) is 38.2 Å². The van der Waals surface area contributed by atoms with Crippen molar-refractivity contribution in [3.05, 3.63) is 35.9 Å². The first-order chi connectivity index (χ1) is 9.74. The van der Waals surface area contributed by atoms with Crippen molar-refractivity contribution in [2.24, 2.45) is 5.73 Å². The van der Waals surface area contributed by atoms with Crippen molar-refractivity contribution in [1.82, 2.24) is 5.32 Å². The number of halogens is 1. The molecule has 0 aliphatic rings. The van der Waals surface area contributed by atoms with Crippen LogP contribution in [0.15, 0.2) is 30.3 Å². The third-order valence-corrected chi connectivity index (χ3v) is 3.06. The standard InChI is InChI=1S/C16H26N2O2.ClH/c1-2-8-15(17)16(19)18-11-6-7-12-20-13-14-9-4-3-5-10-14;/h3-5,9-10,15H,2,6-8,11-13,17H2,1H3,(H,18,19);1H. The minimum absolute atomic E-state index is 0. The highest BCUT2D eigenvalue weighted by Crippen LogP contribution is 2.01. The molecule has 21 heavy (non-hydrogen) atoms. The number of rotatable bonds is 10. The van der Waals surface area contributed by atoms with Gasteiger partial charge in [0.2, 0.25) is 5.91 Å². The fourth-order valence-corrected chi connectivity index (χ4v) is 1.88. The molecule has 1 atom stereocenters. The molecule has 0 saturated heterocycles. The summed E-state index contributed by atoms with van der Waals surface area (Å²) in [6.07, 6.45) is 3.53. The zero-order valence-corrected chi connectivity index (χ0v) is 13.5. The highest BCUT2D eigenvalue weighted by Gasteiger charge is 2.10. The lowest BCUT2D eigenvalue weighted by atomic mass is 10.1. The van der Waals surface area contributed by atoms with Gasteiger partial charge in [0.05, 0.1) is 12.6 Å². The minimum Gasteiger partial charge on any atom is -0.377 e. The fourth-order valence-electron chi connectivity index (χ4n) is 1.88. The van der Waals surface area contributed by atoms with Gasteiger partial charge in [0, 0.05) is 13.2 Å². The molecule has 5 heteroatoms. The number of hydrogen-bond donors (Lipinski definition) is 2. The van der Waals surface area contributed by atoms with E-state index in [1.54, 1.807) is 0 Å². The van der Waals surface area contributed by atoms with Gasteiger partial charge in [0.25, 0.3) is 0 Å². The molecule has 0 bridgehead atoms. The molecule has 0 aliphatic carbocycles. The molecule has 1 amide bonds. The summed E-state index contributed by atoms with van der Waals surface area (Å²) in [7, 11) is 0. The average Bonchev–Trinajstić information content (AvgIpc) is 2.47. The molecule has 0 radical (unpaired) electrons. The van der Waals surface area contributed by atoms with E-state index in [-0.39, 0.29) is 24.4 Å². The first-order valence-electron chi connectivity index (χ1n) is 7.39. The van der Waals surface area contributed by atoms with E-state index < -0.39 is 0 Å². The predicted octanol–water partition coefficient (Wildman–Crippen LogP) is 2.65. The monoisotopic (exact) mass is 314 g/mol. The molecule has 1 rings (SSSR count). The summed E-state index contributed by atoms with van der Waals surface area (Å²) in [5, 5.41) is 2.86. The van der Waals surface area contributed by atoms with Crippen LogP contribution in [0.4, 0.5) is 0 Å². The zero-order valence-electron chi connectivity index (χ0n) is 12.7. The minimum atomic E-state index is -0.366. The Morgan fingerprint density at radius 2 is 2.00 bits per heavy atom. The summed E-state index contributed by atoms with van der Waals surface area (Å²) in [6, 6.07) is 9.75. The molecule has 0 aromatic heterocycles. The van der Waals surface area contributed by atoms with Crippen LogP contribution in [0.25, 0.3) is 0 Å². The Morgan fingerprint density at radius 1 is 1.29 bits per heavy atom. The summed E-state index contributed by atoms with van der Waals surface area (Å²) in [5.41, 5.74) is 6.90. The molecule has 1 unspecified atom stereocenters. The second-order valence-corrected chi connectivity index (χ2v) is 4.93. The Hall–Kier alpha value is -1.10. The Kier molecular flexibility index (Phi) is 12.0. The number of nitrogens with two attached hydrogens (primary N) is 1. The molecule has 3 N–H and O–H groups in total. The van der Waals surface area contributed by atoms with Crippen molar-refractivity contribution in [2.75, 3.05) is 13.2 Å². The quantitative estimate of drug-likeness (QED) is 0.653. The predicted molar refractivity (Wildman–Crippen MR) is 88.5 cm³/mol. The molecule has 0 spiro atoms. The van der Waals surface area contributed by atoms with Crippen LogP contribution >= 0.6 is 12.4 Å². The molecule has 0 fully saturated rings. The van der Waals surface area contributed by atoms with Gasteiger partial charge in [0.1, 0.15) is 0 Å². The topological polar surface area (TPSA) is 64.4 Å². The van der Waals surface area contributed by atoms with E-state index in [1.807, 2.05) is 25.1 Å². The van der Waals surface area contributed by atoms with Gasteiger partial charge >= 0.3 is 0 Å². The lowest BCUT2D eigenvalue weighted by Gasteiger charge is -2.11. The SMILES string of the molecule is CCCC(N)C(=O)NCCCCOCc1ccccc1.Cl. The van der Waals surface area contributed by atoms with Gasteiger partial charge in [-0.2, -0.15) is 0 Å². The number of benzene rings is 1. The highest BCUT2D eigenvalue weighted by atomic mass is 35.5. The summed E-state index contributed by atoms with van der Waals surface area (Å²) in [4.78, 5) is 11.5. The summed E-state index contributed by atoms with van der Waals surface area (Å²) >= 11 is 0. The van der Waals surface area contributed by atoms with Crippen molar-refractivity contribution in [2.45, 2.75) is 45.3 Å². The van der Waals surface area contributed by atoms with E-state index in [1.165, 1.54) is 5.56 Å². The molecule has 4 nitrogen and oxygen atoms in total. The number of carbonyl (C=O) groups is 1. The largest absolute Gasteiger partial charge is 0.377 e. The summed E-state index contributed by atoms with van der Waals surface area (Å²) < 4.78 is 5.58. The Labute approximate surface area is 133 Å². The Bertz CT molecular complexity index is 374. The van der Waals surface area contributed by atoms with Crippen LogP contribution in [0.5, 0.6) is 0 Å². The second kappa shape index (κ2) is 12.6. The van der Waals surface area contributed by atoms with Crippen LogP contribution in [-0.2, 0) is 16.1 Å². The third-order valence-electron chi connectivity index (χ3n) is 3.06. The number of unbranched alkanes of at least 4 members (excludes halogenated alkanes) is 1. The van der Waals surface area contributed by atoms with Crippen molar-refractivity contribution in [1.29, 1.82) is 0 Å². The zero-order chi connectivity index (χ0) is 14.6. The fraction of sp³-hybridized carbons (Fsp3) is 0.562. The number of hydrogen-bond acceptors (Lipinski definition) is 3. The Balaban J connectivity index is 0.00000400. The van der Waals surface area contributed by atoms with Crippen molar-refractivity contribution < 1.29 is 9.53 Å². The summed E-state index contributed by atoms with van der Waals surface area (Å²) in [6.45, 7) is 4.06. The van der Waals surface area contributed by atoms with E-state index in [4.69, 9.17) is 10.5 Å². The van der Waals surface area contributed by atoms with E-state index in [0.29, 0.717) is 19.8 Å². The molecule has 1 aromatic rings. The van der Waals surface area contributed by atoms with Crippen LogP contribution < -0.4 is 11.1 Å². The number of ether oxygens (including phenoxy) is 1. The van der Waals surface area contributed by atoms with Gasteiger partial charge in [-0.15, -0.1) is 12.4 Å². The smallest absolute Gasteiger partial charge is 0.236 e. The van der Waals surface area contributed by atoms with Gasteiger partial charge < -0.3 is 15.8 Å². The van der Waals surface area contributed by atoms with Gasteiger partial charge in [-0.25, -0.2) is 0 Å².